The second kappa shape index (κ2) is 8.75. The van der Waals surface area contributed by atoms with Crippen LogP contribution >= 0.6 is 11.3 Å². The topological polar surface area (TPSA) is 42.0 Å². The van der Waals surface area contributed by atoms with Gasteiger partial charge in [-0.3, -0.25) is 4.79 Å². The summed E-state index contributed by atoms with van der Waals surface area (Å²) in [5.74, 6) is 0.300. The summed E-state index contributed by atoms with van der Waals surface area (Å²) >= 11 is 1.76. The van der Waals surface area contributed by atoms with Crippen LogP contribution in [0.1, 0.15) is 52.4 Å². The van der Waals surface area contributed by atoms with Gasteiger partial charge in [-0.1, -0.05) is 36.8 Å². The van der Waals surface area contributed by atoms with Crippen LogP contribution < -0.4 is 5.32 Å². The SMILES string of the molecule is Cc1cc2nc(C3CCCC3C(=O)Nc3ccc(-c4ccccc4C)cc3C)sc2cc1C. The number of hydrogen-bond donors (Lipinski definition) is 1. The first-order chi connectivity index (χ1) is 15.9. The number of nitrogens with one attached hydrogen (secondary N) is 1. The maximum Gasteiger partial charge on any atom is 0.228 e. The average molecular weight is 455 g/mol. The summed E-state index contributed by atoms with van der Waals surface area (Å²) in [6.45, 7) is 8.48. The van der Waals surface area contributed by atoms with Gasteiger partial charge in [-0.15, -0.1) is 11.3 Å². The van der Waals surface area contributed by atoms with Crippen LogP contribution in [0.15, 0.2) is 54.6 Å². The fourth-order valence-corrected chi connectivity index (χ4v) is 6.27. The summed E-state index contributed by atoms with van der Waals surface area (Å²) in [7, 11) is 0. The van der Waals surface area contributed by atoms with Crippen molar-refractivity contribution in [2.24, 2.45) is 5.92 Å². The van der Waals surface area contributed by atoms with E-state index in [2.05, 4.69) is 81.5 Å². The first-order valence-corrected chi connectivity index (χ1v) is 12.6. The van der Waals surface area contributed by atoms with Gasteiger partial charge in [-0.2, -0.15) is 0 Å². The highest BCUT2D eigenvalue weighted by Gasteiger charge is 2.36. The number of amides is 1. The number of hydrogen-bond acceptors (Lipinski definition) is 3. The summed E-state index contributed by atoms with van der Waals surface area (Å²) in [6, 6.07) is 19.1. The number of fused-ring (bicyclic) bond motifs is 1. The van der Waals surface area contributed by atoms with Gasteiger partial charge in [0.05, 0.1) is 15.2 Å². The van der Waals surface area contributed by atoms with Crippen LogP contribution in [0.4, 0.5) is 5.69 Å². The summed E-state index contributed by atoms with van der Waals surface area (Å²) in [6.07, 6.45) is 3.02. The Balaban J connectivity index is 1.37. The number of rotatable bonds is 4. The Morgan fingerprint density at radius 3 is 2.48 bits per heavy atom. The monoisotopic (exact) mass is 454 g/mol. The summed E-state index contributed by atoms with van der Waals surface area (Å²) in [5.41, 5.74) is 9.28. The van der Waals surface area contributed by atoms with Gasteiger partial charge in [-0.25, -0.2) is 4.98 Å². The number of aryl methyl sites for hydroxylation is 4. The molecule has 0 radical (unpaired) electrons. The largest absolute Gasteiger partial charge is 0.326 e. The van der Waals surface area contributed by atoms with Crippen molar-refractivity contribution >= 4 is 33.1 Å². The first-order valence-electron chi connectivity index (χ1n) is 11.8. The molecule has 1 fully saturated rings. The van der Waals surface area contributed by atoms with E-state index in [9.17, 15) is 4.79 Å². The lowest BCUT2D eigenvalue weighted by molar-refractivity contribution is -0.120. The van der Waals surface area contributed by atoms with Crippen molar-refractivity contribution in [3.8, 4) is 11.1 Å². The molecule has 5 rings (SSSR count). The molecule has 2 unspecified atom stereocenters. The molecule has 1 aliphatic rings. The maximum atomic E-state index is 13.3. The molecule has 2 atom stereocenters. The molecular formula is C29H30N2OS. The fraction of sp³-hybridized carbons (Fsp3) is 0.310. The van der Waals surface area contributed by atoms with Crippen molar-refractivity contribution in [3.05, 3.63) is 81.9 Å². The zero-order chi connectivity index (χ0) is 23.1. The van der Waals surface area contributed by atoms with E-state index in [0.717, 1.165) is 41.0 Å². The van der Waals surface area contributed by atoms with Gasteiger partial charge in [0.1, 0.15) is 0 Å². The molecule has 168 valence electrons. The van der Waals surface area contributed by atoms with Gasteiger partial charge >= 0.3 is 0 Å². The van der Waals surface area contributed by atoms with Crippen LogP contribution in [0.3, 0.4) is 0 Å². The molecule has 1 aliphatic carbocycles. The molecule has 33 heavy (non-hydrogen) atoms. The van der Waals surface area contributed by atoms with Crippen LogP contribution in [0.25, 0.3) is 21.3 Å². The smallest absolute Gasteiger partial charge is 0.228 e. The van der Waals surface area contributed by atoms with E-state index >= 15 is 0 Å². The molecule has 4 heteroatoms. The Labute approximate surface area is 199 Å². The van der Waals surface area contributed by atoms with E-state index in [4.69, 9.17) is 4.98 Å². The molecular weight excluding hydrogens is 424 g/mol. The molecule has 4 aromatic rings. The predicted octanol–water partition coefficient (Wildman–Crippen LogP) is 7.72. The summed E-state index contributed by atoms with van der Waals surface area (Å²) in [4.78, 5) is 18.3. The van der Waals surface area contributed by atoms with Crippen molar-refractivity contribution in [1.82, 2.24) is 4.98 Å². The second-order valence-corrected chi connectivity index (χ2v) is 10.5. The number of benzene rings is 3. The number of anilines is 1. The van der Waals surface area contributed by atoms with Crippen LogP contribution in [0, 0.1) is 33.6 Å². The minimum Gasteiger partial charge on any atom is -0.326 e. The van der Waals surface area contributed by atoms with Crippen LogP contribution in [-0.2, 0) is 4.79 Å². The highest BCUT2D eigenvalue weighted by atomic mass is 32.1. The number of carbonyl (C=O) groups is 1. The van der Waals surface area contributed by atoms with Crippen LogP contribution in [-0.4, -0.2) is 10.9 Å². The molecule has 1 heterocycles. The maximum absolute atomic E-state index is 13.3. The Morgan fingerprint density at radius 2 is 1.70 bits per heavy atom. The van der Waals surface area contributed by atoms with E-state index in [1.54, 1.807) is 11.3 Å². The number of nitrogens with zero attached hydrogens (tertiary/aromatic N) is 1. The van der Waals surface area contributed by atoms with Crippen LogP contribution in [0.5, 0.6) is 0 Å². The fourth-order valence-electron chi connectivity index (χ4n) is 5.02. The van der Waals surface area contributed by atoms with Crippen molar-refractivity contribution < 1.29 is 4.79 Å². The minimum absolute atomic E-state index is 0.0248. The Kier molecular flexibility index (Phi) is 5.79. The van der Waals surface area contributed by atoms with Gasteiger partial charge in [0, 0.05) is 17.5 Å². The molecule has 0 spiro atoms. The molecule has 3 aromatic carbocycles. The molecule has 0 aliphatic heterocycles. The standard InChI is InChI=1S/C29H30N2OS/c1-17-8-5-6-9-22(17)21-12-13-25(20(4)14-21)30-28(32)23-10-7-11-24(23)29-31-26-15-18(2)19(3)16-27(26)33-29/h5-6,8-9,12-16,23-24H,7,10-11H2,1-4H3,(H,30,32). The van der Waals surface area contributed by atoms with Gasteiger partial charge in [0.25, 0.3) is 0 Å². The zero-order valence-electron chi connectivity index (χ0n) is 19.7. The quantitative estimate of drug-likeness (QED) is 0.343. The van der Waals surface area contributed by atoms with Crippen molar-refractivity contribution in [2.75, 3.05) is 5.32 Å². The Bertz CT molecular complexity index is 1310. The lowest BCUT2D eigenvalue weighted by Crippen LogP contribution is -2.25. The summed E-state index contributed by atoms with van der Waals surface area (Å²) in [5, 5.41) is 4.35. The Hall–Kier alpha value is -2.98. The third kappa shape index (κ3) is 4.20. The molecule has 1 saturated carbocycles. The summed E-state index contributed by atoms with van der Waals surface area (Å²) < 4.78 is 1.22. The van der Waals surface area contributed by atoms with E-state index in [1.165, 1.54) is 32.5 Å². The second-order valence-electron chi connectivity index (χ2n) is 9.43. The van der Waals surface area contributed by atoms with Crippen LogP contribution in [0.2, 0.25) is 0 Å². The van der Waals surface area contributed by atoms with E-state index < -0.39 is 0 Å². The van der Waals surface area contributed by atoms with E-state index in [0.29, 0.717) is 0 Å². The van der Waals surface area contributed by atoms with E-state index in [-0.39, 0.29) is 17.7 Å². The number of thiazole rings is 1. The molecule has 1 aromatic heterocycles. The lowest BCUT2D eigenvalue weighted by atomic mass is 9.95. The number of aromatic nitrogens is 1. The van der Waals surface area contributed by atoms with Crippen molar-refractivity contribution in [2.45, 2.75) is 52.9 Å². The molecule has 3 nitrogen and oxygen atoms in total. The highest BCUT2D eigenvalue weighted by Crippen LogP contribution is 2.43. The van der Waals surface area contributed by atoms with Gasteiger partial charge in [0.2, 0.25) is 5.91 Å². The van der Waals surface area contributed by atoms with Gasteiger partial charge < -0.3 is 5.32 Å². The third-order valence-electron chi connectivity index (χ3n) is 7.13. The molecule has 1 N–H and O–H groups in total. The lowest BCUT2D eigenvalue weighted by Gasteiger charge is -2.18. The zero-order valence-corrected chi connectivity index (χ0v) is 20.6. The molecule has 0 saturated heterocycles. The molecule has 1 amide bonds. The molecule has 0 bridgehead atoms. The third-order valence-corrected chi connectivity index (χ3v) is 8.28. The Morgan fingerprint density at radius 1 is 0.909 bits per heavy atom. The normalized spacial score (nSPS) is 18.1. The van der Waals surface area contributed by atoms with Crippen molar-refractivity contribution in [1.29, 1.82) is 0 Å². The van der Waals surface area contributed by atoms with E-state index in [1.807, 2.05) is 6.07 Å². The number of carbonyl (C=O) groups excluding carboxylic acids is 1. The first kappa shape index (κ1) is 21.8. The predicted molar refractivity (Wildman–Crippen MR) is 139 cm³/mol. The minimum atomic E-state index is -0.0248. The van der Waals surface area contributed by atoms with Crippen molar-refractivity contribution in [3.63, 3.8) is 0 Å². The average Bonchev–Trinajstić information content (AvgIpc) is 3.43. The van der Waals surface area contributed by atoms with Gasteiger partial charge in [0.15, 0.2) is 0 Å². The van der Waals surface area contributed by atoms with Gasteiger partial charge in [-0.05, 0) is 98.2 Å². The highest BCUT2D eigenvalue weighted by molar-refractivity contribution is 7.18.